The molecule has 0 N–H and O–H groups in total. The SMILES string of the molecule is O=C(c1cnn2ccc(N3CCCC3)cc12)N1CCn2ccnc2C1CN1CCCC1. The summed E-state index contributed by atoms with van der Waals surface area (Å²) in [6.07, 6.45) is 12.5. The Morgan fingerprint density at radius 2 is 1.81 bits per heavy atom. The van der Waals surface area contributed by atoms with E-state index in [-0.39, 0.29) is 11.9 Å². The number of carbonyl (C=O) groups is 1. The summed E-state index contributed by atoms with van der Waals surface area (Å²) in [6, 6.07) is 4.21. The second kappa shape index (κ2) is 7.67. The molecule has 3 aliphatic rings. The van der Waals surface area contributed by atoms with Crippen molar-refractivity contribution in [1.29, 1.82) is 0 Å². The molecule has 2 saturated heterocycles. The number of anilines is 1. The Labute approximate surface area is 182 Å². The predicted molar refractivity (Wildman–Crippen MR) is 118 cm³/mol. The van der Waals surface area contributed by atoms with Gasteiger partial charge in [-0.25, -0.2) is 9.50 Å². The van der Waals surface area contributed by atoms with Gasteiger partial charge < -0.3 is 19.3 Å². The number of rotatable bonds is 4. The standard InChI is InChI=1S/C23H29N7O/c31-23(19-16-25-30-11-5-18(15-20(19)30)27-9-3-4-10-27)29-14-13-28-12-6-24-22(28)21(29)17-26-7-1-2-8-26/h5-6,11-12,15-16,21H,1-4,7-10,13-14,17H2. The number of imidazole rings is 1. The van der Waals surface area contributed by atoms with E-state index in [1.54, 1.807) is 6.20 Å². The molecule has 3 aromatic heterocycles. The Bertz CT molecular complexity index is 1090. The first kappa shape index (κ1) is 18.9. The van der Waals surface area contributed by atoms with Gasteiger partial charge in [0, 0.05) is 57.0 Å². The molecule has 0 aliphatic carbocycles. The van der Waals surface area contributed by atoms with Gasteiger partial charge >= 0.3 is 0 Å². The maximum Gasteiger partial charge on any atom is 0.258 e. The van der Waals surface area contributed by atoms with Crippen LogP contribution in [0.15, 0.2) is 36.9 Å². The van der Waals surface area contributed by atoms with Crippen LogP contribution in [0.4, 0.5) is 5.69 Å². The Hall–Kier alpha value is -2.87. The lowest BCUT2D eigenvalue weighted by molar-refractivity contribution is 0.0565. The van der Waals surface area contributed by atoms with Crippen LogP contribution in [0.5, 0.6) is 0 Å². The minimum atomic E-state index is -0.0222. The van der Waals surface area contributed by atoms with Crippen LogP contribution < -0.4 is 4.90 Å². The summed E-state index contributed by atoms with van der Waals surface area (Å²) in [4.78, 5) is 25.4. The summed E-state index contributed by atoms with van der Waals surface area (Å²) in [5.74, 6) is 1.06. The maximum atomic E-state index is 13.8. The van der Waals surface area contributed by atoms with Gasteiger partial charge in [0.2, 0.25) is 0 Å². The van der Waals surface area contributed by atoms with Gasteiger partial charge in [-0.3, -0.25) is 4.79 Å². The molecule has 0 saturated carbocycles. The van der Waals surface area contributed by atoms with Gasteiger partial charge in [0.05, 0.1) is 17.3 Å². The first-order valence-electron chi connectivity index (χ1n) is 11.5. The van der Waals surface area contributed by atoms with Crippen molar-refractivity contribution in [2.45, 2.75) is 38.3 Å². The average molecular weight is 420 g/mol. The lowest BCUT2D eigenvalue weighted by atomic mass is 10.1. The van der Waals surface area contributed by atoms with E-state index >= 15 is 0 Å². The molecule has 2 fully saturated rings. The number of aromatic nitrogens is 4. The molecule has 0 aromatic carbocycles. The van der Waals surface area contributed by atoms with Crippen molar-refractivity contribution in [2.24, 2.45) is 0 Å². The second-order valence-corrected chi connectivity index (χ2v) is 8.97. The molecule has 6 heterocycles. The van der Waals surface area contributed by atoms with Gasteiger partial charge in [-0.1, -0.05) is 0 Å². The second-order valence-electron chi connectivity index (χ2n) is 8.97. The summed E-state index contributed by atoms with van der Waals surface area (Å²) < 4.78 is 4.03. The highest BCUT2D eigenvalue weighted by molar-refractivity contribution is 6.01. The highest BCUT2D eigenvalue weighted by Gasteiger charge is 2.35. The molecule has 0 spiro atoms. The fourth-order valence-corrected chi connectivity index (χ4v) is 5.41. The number of fused-ring (bicyclic) bond motifs is 2. The van der Waals surface area contributed by atoms with Gasteiger partial charge in [0.1, 0.15) is 11.9 Å². The van der Waals surface area contributed by atoms with Crippen molar-refractivity contribution in [3.63, 3.8) is 0 Å². The van der Waals surface area contributed by atoms with Crippen LogP contribution in [-0.2, 0) is 6.54 Å². The van der Waals surface area contributed by atoms with Crippen LogP contribution in [0, 0.1) is 0 Å². The van der Waals surface area contributed by atoms with Gasteiger partial charge in [-0.05, 0) is 50.9 Å². The van der Waals surface area contributed by atoms with Gasteiger partial charge in [0.25, 0.3) is 5.91 Å². The normalized spacial score (nSPS) is 21.9. The minimum absolute atomic E-state index is 0.0222. The summed E-state index contributed by atoms with van der Waals surface area (Å²) in [5.41, 5.74) is 2.76. The number of nitrogens with zero attached hydrogens (tertiary/aromatic N) is 7. The Kier molecular flexibility index (Phi) is 4.67. The Balaban J connectivity index is 1.34. The van der Waals surface area contributed by atoms with Gasteiger partial charge in [-0.2, -0.15) is 5.10 Å². The summed E-state index contributed by atoms with van der Waals surface area (Å²) in [7, 11) is 0. The van der Waals surface area contributed by atoms with Gasteiger partial charge in [0.15, 0.2) is 0 Å². The molecular formula is C23H29N7O. The zero-order valence-corrected chi connectivity index (χ0v) is 17.9. The molecule has 31 heavy (non-hydrogen) atoms. The van der Waals surface area contributed by atoms with Crippen molar-refractivity contribution in [3.8, 4) is 0 Å². The zero-order valence-electron chi connectivity index (χ0n) is 17.9. The number of carbonyl (C=O) groups excluding carboxylic acids is 1. The van der Waals surface area contributed by atoms with E-state index in [1.165, 1.54) is 31.4 Å². The number of hydrogen-bond acceptors (Lipinski definition) is 5. The number of pyridine rings is 1. The third-order valence-electron chi connectivity index (χ3n) is 7.10. The lowest BCUT2D eigenvalue weighted by Gasteiger charge is -2.37. The molecule has 1 amide bonds. The number of amides is 1. The predicted octanol–water partition coefficient (Wildman–Crippen LogP) is 2.42. The number of hydrogen-bond donors (Lipinski definition) is 0. The smallest absolute Gasteiger partial charge is 0.258 e. The number of likely N-dealkylation sites (tertiary alicyclic amines) is 1. The Morgan fingerprint density at radius 3 is 2.65 bits per heavy atom. The van der Waals surface area contributed by atoms with E-state index in [4.69, 9.17) is 0 Å². The average Bonchev–Trinajstić information content (AvgIpc) is 3.60. The maximum absolute atomic E-state index is 13.8. The largest absolute Gasteiger partial charge is 0.371 e. The van der Waals surface area contributed by atoms with Gasteiger partial charge in [-0.15, -0.1) is 0 Å². The van der Waals surface area contributed by atoms with E-state index in [2.05, 4.69) is 36.6 Å². The van der Waals surface area contributed by atoms with Crippen molar-refractivity contribution in [3.05, 3.63) is 48.3 Å². The molecule has 3 aliphatic heterocycles. The Morgan fingerprint density at radius 1 is 1.00 bits per heavy atom. The zero-order chi connectivity index (χ0) is 20.8. The molecule has 8 nitrogen and oxygen atoms in total. The molecule has 1 unspecified atom stereocenters. The molecule has 0 bridgehead atoms. The molecular weight excluding hydrogens is 390 g/mol. The molecule has 1 atom stereocenters. The van der Waals surface area contributed by atoms with Crippen LogP contribution in [0.3, 0.4) is 0 Å². The topological polar surface area (TPSA) is 61.9 Å². The first-order valence-corrected chi connectivity index (χ1v) is 11.5. The molecule has 8 heteroatoms. The van der Waals surface area contributed by atoms with Crippen LogP contribution in [0.25, 0.3) is 5.52 Å². The molecule has 3 aromatic rings. The minimum Gasteiger partial charge on any atom is -0.371 e. The molecule has 6 rings (SSSR count). The van der Waals surface area contributed by atoms with Crippen LogP contribution in [0.1, 0.15) is 47.9 Å². The first-order chi connectivity index (χ1) is 15.3. The third kappa shape index (κ3) is 3.29. The van der Waals surface area contributed by atoms with Crippen LogP contribution >= 0.6 is 0 Å². The van der Waals surface area contributed by atoms with Crippen molar-refractivity contribution < 1.29 is 4.79 Å². The van der Waals surface area contributed by atoms with Crippen molar-refractivity contribution in [2.75, 3.05) is 44.2 Å². The van der Waals surface area contributed by atoms with E-state index in [9.17, 15) is 4.79 Å². The van der Waals surface area contributed by atoms with Crippen LogP contribution in [-0.4, -0.2) is 74.1 Å². The highest BCUT2D eigenvalue weighted by atomic mass is 16.2. The van der Waals surface area contributed by atoms with Crippen molar-refractivity contribution in [1.82, 2.24) is 29.0 Å². The fourth-order valence-electron chi connectivity index (χ4n) is 5.41. The third-order valence-corrected chi connectivity index (χ3v) is 7.10. The highest BCUT2D eigenvalue weighted by Crippen LogP contribution is 2.30. The monoisotopic (exact) mass is 419 g/mol. The quantitative estimate of drug-likeness (QED) is 0.650. The van der Waals surface area contributed by atoms with E-state index in [1.807, 2.05) is 28.0 Å². The lowest BCUT2D eigenvalue weighted by Crippen LogP contribution is -2.46. The van der Waals surface area contributed by atoms with E-state index in [0.717, 1.165) is 50.6 Å². The van der Waals surface area contributed by atoms with Crippen LogP contribution in [0.2, 0.25) is 0 Å². The fraction of sp³-hybridized carbons (Fsp3) is 0.522. The van der Waals surface area contributed by atoms with E-state index < -0.39 is 0 Å². The van der Waals surface area contributed by atoms with E-state index in [0.29, 0.717) is 12.1 Å². The molecule has 162 valence electrons. The van der Waals surface area contributed by atoms with Crippen molar-refractivity contribution >= 4 is 17.1 Å². The summed E-state index contributed by atoms with van der Waals surface area (Å²) in [5, 5.41) is 4.48. The summed E-state index contributed by atoms with van der Waals surface area (Å²) in [6.45, 7) is 6.71. The summed E-state index contributed by atoms with van der Waals surface area (Å²) >= 11 is 0. The molecule has 0 radical (unpaired) electrons.